The van der Waals surface area contributed by atoms with Crippen LogP contribution in [0.3, 0.4) is 0 Å². The minimum absolute atomic E-state index is 0.104. The molecule has 0 unspecified atom stereocenters. The lowest BCUT2D eigenvalue weighted by Gasteiger charge is -2.09. The van der Waals surface area contributed by atoms with Gasteiger partial charge in [-0.3, -0.25) is 0 Å². The average Bonchev–Trinajstić information content (AvgIpc) is 2.45. The van der Waals surface area contributed by atoms with E-state index in [1.54, 1.807) is 11.8 Å². The standard InChI is InChI=1S/C17H25FS/c1-3-5-8-14-17(16(18)13-6-4-2)19-15-11-9-7-10-12-15/h7,9-12H,3-6,8,13-14H2,1-2H3/b17-16+. The third-order valence-corrected chi connectivity index (χ3v) is 4.22. The largest absolute Gasteiger partial charge is 0.211 e. The Morgan fingerprint density at radius 3 is 2.26 bits per heavy atom. The molecule has 0 spiro atoms. The second-order valence-corrected chi connectivity index (χ2v) is 5.97. The lowest BCUT2D eigenvalue weighted by molar-refractivity contribution is 0.558. The van der Waals surface area contributed by atoms with Gasteiger partial charge in [-0.1, -0.05) is 63.1 Å². The summed E-state index contributed by atoms with van der Waals surface area (Å²) in [5.41, 5.74) is 0. The fourth-order valence-corrected chi connectivity index (χ4v) is 2.92. The Balaban J connectivity index is 2.68. The molecule has 106 valence electrons. The van der Waals surface area contributed by atoms with Crippen LogP contribution in [-0.2, 0) is 0 Å². The number of allylic oxidation sites excluding steroid dienone is 2. The van der Waals surface area contributed by atoms with E-state index < -0.39 is 0 Å². The van der Waals surface area contributed by atoms with Crippen LogP contribution in [0.1, 0.15) is 58.8 Å². The first-order valence-electron chi connectivity index (χ1n) is 7.38. The third kappa shape index (κ3) is 6.81. The van der Waals surface area contributed by atoms with Gasteiger partial charge in [0.15, 0.2) is 0 Å². The molecule has 0 bridgehead atoms. The second-order valence-electron chi connectivity index (χ2n) is 4.80. The topological polar surface area (TPSA) is 0 Å². The van der Waals surface area contributed by atoms with Crippen molar-refractivity contribution in [1.29, 1.82) is 0 Å². The number of unbranched alkanes of at least 4 members (excludes halogenated alkanes) is 3. The van der Waals surface area contributed by atoms with E-state index in [4.69, 9.17) is 0 Å². The van der Waals surface area contributed by atoms with Crippen LogP contribution < -0.4 is 0 Å². The summed E-state index contributed by atoms with van der Waals surface area (Å²) in [5, 5.41) is 0. The highest BCUT2D eigenvalue weighted by Gasteiger charge is 2.08. The van der Waals surface area contributed by atoms with Crippen LogP contribution in [-0.4, -0.2) is 0 Å². The summed E-state index contributed by atoms with van der Waals surface area (Å²) in [6.07, 6.45) is 6.91. The molecule has 1 aromatic rings. The molecule has 19 heavy (non-hydrogen) atoms. The molecule has 0 radical (unpaired) electrons. The van der Waals surface area contributed by atoms with E-state index in [0.29, 0.717) is 6.42 Å². The van der Waals surface area contributed by atoms with Crippen molar-refractivity contribution in [2.75, 3.05) is 0 Å². The smallest absolute Gasteiger partial charge is 0.110 e. The molecule has 0 fully saturated rings. The molecule has 0 saturated carbocycles. The first-order chi connectivity index (χ1) is 9.27. The minimum Gasteiger partial charge on any atom is -0.211 e. The summed E-state index contributed by atoms with van der Waals surface area (Å²) < 4.78 is 14.2. The highest BCUT2D eigenvalue weighted by atomic mass is 32.2. The maximum atomic E-state index is 14.2. The van der Waals surface area contributed by atoms with Crippen LogP contribution >= 0.6 is 11.8 Å². The van der Waals surface area contributed by atoms with Crippen molar-refractivity contribution in [3.8, 4) is 0 Å². The zero-order chi connectivity index (χ0) is 13.9. The van der Waals surface area contributed by atoms with Crippen molar-refractivity contribution >= 4 is 11.8 Å². The van der Waals surface area contributed by atoms with E-state index in [1.807, 2.05) is 18.2 Å². The van der Waals surface area contributed by atoms with Gasteiger partial charge in [0.25, 0.3) is 0 Å². The predicted octanol–water partition coefficient (Wildman–Crippen LogP) is 6.73. The van der Waals surface area contributed by atoms with Crippen LogP contribution in [0.5, 0.6) is 0 Å². The molecule has 0 nitrogen and oxygen atoms in total. The highest BCUT2D eigenvalue weighted by molar-refractivity contribution is 8.03. The van der Waals surface area contributed by atoms with Gasteiger partial charge < -0.3 is 0 Å². The van der Waals surface area contributed by atoms with Gasteiger partial charge in [0.1, 0.15) is 5.83 Å². The summed E-state index contributed by atoms with van der Waals surface area (Å²) in [4.78, 5) is 2.08. The maximum absolute atomic E-state index is 14.2. The van der Waals surface area contributed by atoms with E-state index in [0.717, 1.165) is 35.5 Å². The Labute approximate surface area is 121 Å². The molecular formula is C17H25FS. The molecule has 0 aliphatic rings. The quantitative estimate of drug-likeness (QED) is 0.357. The fraction of sp³-hybridized carbons (Fsp3) is 0.529. The number of rotatable bonds is 9. The number of thioether (sulfide) groups is 1. The van der Waals surface area contributed by atoms with Crippen LogP contribution in [0, 0.1) is 0 Å². The summed E-state index contributed by atoms with van der Waals surface area (Å²) in [6, 6.07) is 10.1. The van der Waals surface area contributed by atoms with Crippen molar-refractivity contribution in [3.05, 3.63) is 41.1 Å². The monoisotopic (exact) mass is 280 g/mol. The summed E-state index contributed by atoms with van der Waals surface area (Å²) in [6.45, 7) is 4.29. The highest BCUT2D eigenvalue weighted by Crippen LogP contribution is 2.34. The van der Waals surface area contributed by atoms with Crippen molar-refractivity contribution in [1.82, 2.24) is 0 Å². The third-order valence-electron chi connectivity index (χ3n) is 3.04. The molecule has 0 heterocycles. The van der Waals surface area contributed by atoms with Gasteiger partial charge in [-0.05, 0) is 37.8 Å². The van der Waals surface area contributed by atoms with E-state index >= 15 is 0 Å². The lowest BCUT2D eigenvalue weighted by atomic mass is 10.1. The fourth-order valence-electron chi connectivity index (χ4n) is 1.88. The molecule has 1 rings (SSSR count). The van der Waals surface area contributed by atoms with E-state index in [2.05, 4.69) is 26.0 Å². The molecule has 2 heteroatoms. The van der Waals surface area contributed by atoms with Gasteiger partial charge in [-0.2, -0.15) is 0 Å². The van der Waals surface area contributed by atoms with Crippen LogP contribution in [0.15, 0.2) is 46.0 Å². The Morgan fingerprint density at radius 2 is 1.63 bits per heavy atom. The van der Waals surface area contributed by atoms with Crippen LogP contribution in [0.25, 0.3) is 0 Å². The van der Waals surface area contributed by atoms with Gasteiger partial charge in [0.2, 0.25) is 0 Å². The number of hydrogen-bond donors (Lipinski definition) is 0. The van der Waals surface area contributed by atoms with Gasteiger partial charge >= 0.3 is 0 Å². The second kappa shape index (κ2) is 10.1. The Morgan fingerprint density at radius 1 is 0.947 bits per heavy atom. The van der Waals surface area contributed by atoms with Crippen LogP contribution in [0.2, 0.25) is 0 Å². The van der Waals surface area contributed by atoms with E-state index in [9.17, 15) is 4.39 Å². The van der Waals surface area contributed by atoms with Crippen molar-refractivity contribution in [2.45, 2.75) is 63.7 Å². The number of hydrogen-bond acceptors (Lipinski definition) is 1. The van der Waals surface area contributed by atoms with Crippen LogP contribution in [0.4, 0.5) is 4.39 Å². The Hall–Kier alpha value is -0.760. The Kier molecular flexibility index (Phi) is 8.64. The molecule has 0 aromatic heterocycles. The van der Waals surface area contributed by atoms with Crippen molar-refractivity contribution < 1.29 is 4.39 Å². The summed E-state index contributed by atoms with van der Waals surface area (Å²) in [7, 11) is 0. The van der Waals surface area contributed by atoms with Gasteiger partial charge in [-0.15, -0.1) is 0 Å². The molecule has 0 aliphatic carbocycles. The zero-order valence-corrected chi connectivity index (χ0v) is 12.9. The van der Waals surface area contributed by atoms with E-state index in [1.165, 1.54) is 12.8 Å². The normalized spacial score (nSPS) is 12.4. The minimum atomic E-state index is 0.104. The molecule has 1 aromatic carbocycles. The molecule has 0 saturated heterocycles. The SMILES string of the molecule is CCCCC/C(Sc1ccccc1)=C(\F)CCCC. The molecule has 0 N–H and O–H groups in total. The summed E-state index contributed by atoms with van der Waals surface area (Å²) >= 11 is 1.60. The lowest BCUT2D eigenvalue weighted by Crippen LogP contribution is -1.87. The van der Waals surface area contributed by atoms with Gasteiger partial charge in [0.05, 0.1) is 0 Å². The summed E-state index contributed by atoms with van der Waals surface area (Å²) in [5.74, 6) is 0.104. The van der Waals surface area contributed by atoms with Gasteiger partial charge in [-0.25, -0.2) is 4.39 Å². The molecule has 0 amide bonds. The van der Waals surface area contributed by atoms with Crippen molar-refractivity contribution in [3.63, 3.8) is 0 Å². The average molecular weight is 280 g/mol. The number of halogens is 1. The van der Waals surface area contributed by atoms with Crippen molar-refractivity contribution in [2.24, 2.45) is 0 Å². The first kappa shape index (κ1) is 16.3. The first-order valence-corrected chi connectivity index (χ1v) is 8.20. The molecule has 0 atom stereocenters. The number of benzene rings is 1. The molecule has 0 aliphatic heterocycles. The molecular weight excluding hydrogens is 255 g/mol. The zero-order valence-electron chi connectivity index (χ0n) is 12.1. The van der Waals surface area contributed by atoms with Gasteiger partial charge in [0, 0.05) is 9.80 Å². The predicted molar refractivity (Wildman–Crippen MR) is 84.1 cm³/mol. The Bertz CT molecular complexity index is 370. The maximum Gasteiger partial charge on any atom is 0.110 e. The van der Waals surface area contributed by atoms with E-state index in [-0.39, 0.29) is 5.83 Å².